The highest BCUT2D eigenvalue weighted by molar-refractivity contribution is 7.89. The fraction of sp³-hybridized carbons (Fsp3) is 0.160. The molecule has 0 unspecified atom stereocenters. The zero-order chi connectivity index (χ0) is 23.7. The maximum absolute atomic E-state index is 13.5. The van der Waals surface area contributed by atoms with Crippen molar-refractivity contribution in [2.24, 2.45) is 0 Å². The summed E-state index contributed by atoms with van der Waals surface area (Å²) < 4.78 is 52.8. The molecule has 7 nitrogen and oxygen atoms in total. The molecule has 1 aliphatic rings. The van der Waals surface area contributed by atoms with Crippen LogP contribution in [0.2, 0.25) is 0 Å². The van der Waals surface area contributed by atoms with Crippen LogP contribution in [0.4, 0.5) is 4.39 Å². The number of H-pyrrole nitrogens is 1. The highest BCUT2D eigenvalue weighted by atomic mass is 32.2. The summed E-state index contributed by atoms with van der Waals surface area (Å²) in [6.07, 6.45) is 0. The van der Waals surface area contributed by atoms with E-state index in [0.29, 0.717) is 35.6 Å². The number of aromatic amines is 1. The van der Waals surface area contributed by atoms with Gasteiger partial charge in [-0.25, -0.2) is 12.8 Å². The topological polar surface area (TPSA) is 88.7 Å². The van der Waals surface area contributed by atoms with Gasteiger partial charge < -0.3 is 14.5 Å². The van der Waals surface area contributed by atoms with E-state index in [-0.39, 0.29) is 23.5 Å². The molecule has 174 valence electrons. The standard InChI is InChI=1S/C25H21FN2O5S/c26-20-6-8-21(9-7-20)34(30,31)28(15-17-4-2-1-3-5-17)16-19-12-18-13-23-24(33-11-10-32-23)14-22(18)27-25(19)29/h1-9,12-14H,10-11,15-16H2,(H,27,29). The van der Waals surface area contributed by atoms with E-state index in [2.05, 4.69) is 4.98 Å². The van der Waals surface area contributed by atoms with Gasteiger partial charge in [0.15, 0.2) is 11.5 Å². The SMILES string of the molecule is O=c1[nH]c2cc3c(cc2cc1CN(Cc1ccccc1)S(=O)(=O)c1ccc(F)cc1)OCCO3. The van der Waals surface area contributed by atoms with Gasteiger partial charge in [-0.3, -0.25) is 4.79 Å². The molecule has 0 bridgehead atoms. The highest BCUT2D eigenvalue weighted by Gasteiger charge is 2.26. The summed E-state index contributed by atoms with van der Waals surface area (Å²) in [5.41, 5.74) is 1.18. The van der Waals surface area contributed by atoms with Crippen LogP contribution in [0.5, 0.6) is 11.5 Å². The van der Waals surface area contributed by atoms with Gasteiger partial charge in [0, 0.05) is 30.1 Å². The van der Waals surface area contributed by atoms with E-state index in [1.807, 2.05) is 18.2 Å². The van der Waals surface area contributed by atoms with Gasteiger partial charge in [-0.1, -0.05) is 30.3 Å². The van der Waals surface area contributed by atoms with E-state index in [1.165, 1.54) is 16.4 Å². The Hall–Kier alpha value is -3.69. The molecule has 0 spiro atoms. The molecule has 1 N–H and O–H groups in total. The predicted octanol–water partition coefficient (Wildman–Crippen LogP) is 3.83. The Morgan fingerprint density at radius 2 is 1.56 bits per heavy atom. The Bertz CT molecular complexity index is 1500. The number of sulfonamides is 1. The molecule has 0 saturated heterocycles. The van der Waals surface area contributed by atoms with Crippen LogP contribution in [-0.2, 0) is 23.1 Å². The Morgan fingerprint density at radius 3 is 2.26 bits per heavy atom. The lowest BCUT2D eigenvalue weighted by atomic mass is 10.1. The van der Waals surface area contributed by atoms with Crippen molar-refractivity contribution < 1.29 is 22.3 Å². The number of pyridine rings is 1. The molecular weight excluding hydrogens is 459 g/mol. The van der Waals surface area contributed by atoms with Crippen LogP contribution in [-0.4, -0.2) is 30.9 Å². The molecule has 34 heavy (non-hydrogen) atoms. The van der Waals surface area contributed by atoms with Gasteiger partial charge in [0.25, 0.3) is 5.56 Å². The van der Waals surface area contributed by atoms with Crippen LogP contribution >= 0.6 is 0 Å². The van der Waals surface area contributed by atoms with E-state index < -0.39 is 21.4 Å². The number of aromatic nitrogens is 1. The Kier molecular flexibility index (Phi) is 5.80. The number of hydrogen-bond donors (Lipinski definition) is 1. The normalized spacial score (nSPS) is 13.4. The summed E-state index contributed by atoms with van der Waals surface area (Å²) in [6, 6.07) is 18.8. The molecule has 2 heterocycles. The third kappa shape index (κ3) is 4.40. The largest absolute Gasteiger partial charge is 0.486 e. The molecule has 0 amide bonds. The van der Waals surface area contributed by atoms with Crippen molar-refractivity contribution in [2.45, 2.75) is 18.0 Å². The number of nitrogens with zero attached hydrogens (tertiary/aromatic N) is 1. The lowest BCUT2D eigenvalue weighted by Gasteiger charge is -2.23. The average molecular weight is 481 g/mol. The molecule has 4 aromatic rings. The van der Waals surface area contributed by atoms with E-state index in [0.717, 1.165) is 17.7 Å². The van der Waals surface area contributed by atoms with Crippen LogP contribution in [0.15, 0.2) is 82.5 Å². The van der Waals surface area contributed by atoms with Gasteiger partial charge in [-0.15, -0.1) is 0 Å². The predicted molar refractivity (Wildman–Crippen MR) is 125 cm³/mol. The molecule has 0 radical (unpaired) electrons. The second kappa shape index (κ2) is 8.92. The molecule has 1 aliphatic heterocycles. The lowest BCUT2D eigenvalue weighted by molar-refractivity contribution is 0.172. The van der Waals surface area contributed by atoms with Crippen molar-refractivity contribution in [3.8, 4) is 11.5 Å². The zero-order valence-electron chi connectivity index (χ0n) is 18.0. The van der Waals surface area contributed by atoms with Crippen molar-refractivity contribution in [2.75, 3.05) is 13.2 Å². The van der Waals surface area contributed by atoms with Crippen molar-refractivity contribution in [1.82, 2.24) is 9.29 Å². The third-order valence-corrected chi connectivity index (χ3v) is 7.39. The van der Waals surface area contributed by atoms with Crippen LogP contribution in [0.3, 0.4) is 0 Å². The number of fused-ring (bicyclic) bond motifs is 2. The summed E-state index contributed by atoms with van der Waals surface area (Å²) >= 11 is 0. The van der Waals surface area contributed by atoms with Gasteiger partial charge in [0.1, 0.15) is 19.0 Å². The molecule has 1 aromatic heterocycles. The van der Waals surface area contributed by atoms with Crippen LogP contribution < -0.4 is 15.0 Å². The van der Waals surface area contributed by atoms with Crippen LogP contribution in [0, 0.1) is 5.82 Å². The summed E-state index contributed by atoms with van der Waals surface area (Å²) in [7, 11) is -4.03. The van der Waals surface area contributed by atoms with Gasteiger partial charge in [-0.05, 0) is 42.0 Å². The molecule has 0 aliphatic carbocycles. The number of benzene rings is 3. The van der Waals surface area contributed by atoms with Gasteiger partial charge in [0.2, 0.25) is 10.0 Å². The second-order valence-corrected chi connectivity index (χ2v) is 9.86. The van der Waals surface area contributed by atoms with E-state index in [1.54, 1.807) is 30.3 Å². The maximum Gasteiger partial charge on any atom is 0.252 e. The molecule has 0 fully saturated rings. The first-order valence-corrected chi connectivity index (χ1v) is 12.1. The maximum atomic E-state index is 13.5. The fourth-order valence-electron chi connectivity index (χ4n) is 3.86. The number of nitrogens with one attached hydrogen (secondary N) is 1. The number of halogens is 1. The first-order chi connectivity index (χ1) is 16.4. The van der Waals surface area contributed by atoms with Gasteiger partial charge >= 0.3 is 0 Å². The first kappa shape index (κ1) is 22.1. The summed E-state index contributed by atoms with van der Waals surface area (Å²) in [4.78, 5) is 15.7. The van der Waals surface area contributed by atoms with Gasteiger partial charge in [-0.2, -0.15) is 4.31 Å². The molecule has 3 aromatic carbocycles. The minimum absolute atomic E-state index is 0.0408. The second-order valence-electron chi connectivity index (χ2n) is 7.92. The monoisotopic (exact) mass is 480 g/mol. The average Bonchev–Trinajstić information content (AvgIpc) is 2.84. The molecule has 0 atom stereocenters. The van der Waals surface area contributed by atoms with E-state index >= 15 is 0 Å². The van der Waals surface area contributed by atoms with Crippen molar-refractivity contribution >= 4 is 20.9 Å². The van der Waals surface area contributed by atoms with Crippen molar-refractivity contribution in [1.29, 1.82) is 0 Å². The van der Waals surface area contributed by atoms with Crippen molar-refractivity contribution in [3.05, 3.63) is 100 Å². The number of ether oxygens (including phenoxy) is 2. The minimum atomic E-state index is -4.03. The molecule has 5 rings (SSSR count). The highest BCUT2D eigenvalue weighted by Crippen LogP contribution is 2.34. The first-order valence-electron chi connectivity index (χ1n) is 10.7. The zero-order valence-corrected chi connectivity index (χ0v) is 18.8. The lowest BCUT2D eigenvalue weighted by Crippen LogP contribution is -2.32. The quantitative estimate of drug-likeness (QED) is 0.453. The summed E-state index contributed by atoms with van der Waals surface area (Å²) in [5.74, 6) is 0.581. The van der Waals surface area contributed by atoms with Gasteiger partial charge in [0.05, 0.1) is 10.4 Å². The Morgan fingerprint density at radius 1 is 0.882 bits per heavy atom. The van der Waals surface area contributed by atoms with E-state index in [9.17, 15) is 17.6 Å². The molecular formula is C25H21FN2O5S. The van der Waals surface area contributed by atoms with Crippen LogP contribution in [0.25, 0.3) is 10.9 Å². The Balaban J connectivity index is 1.55. The number of hydrogen-bond acceptors (Lipinski definition) is 5. The fourth-order valence-corrected chi connectivity index (χ4v) is 5.27. The Labute approximate surface area is 195 Å². The van der Waals surface area contributed by atoms with Crippen LogP contribution in [0.1, 0.15) is 11.1 Å². The molecule has 0 saturated carbocycles. The smallest absolute Gasteiger partial charge is 0.252 e. The summed E-state index contributed by atoms with van der Waals surface area (Å²) in [5, 5.41) is 0.692. The van der Waals surface area contributed by atoms with E-state index in [4.69, 9.17) is 9.47 Å². The molecule has 9 heteroatoms. The number of rotatable bonds is 6. The summed E-state index contributed by atoms with van der Waals surface area (Å²) in [6.45, 7) is 0.722. The van der Waals surface area contributed by atoms with Crippen molar-refractivity contribution in [3.63, 3.8) is 0 Å². The third-order valence-electron chi connectivity index (χ3n) is 5.58. The minimum Gasteiger partial charge on any atom is -0.486 e.